The van der Waals surface area contributed by atoms with Gasteiger partial charge in [-0.15, -0.1) is 0 Å². The summed E-state index contributed by atoms with van der Waals surface area (Å²) in [6.45, 7) is 4.39. The molecule has 2 amide bonds. The molecule has 0 bridgehead atoms. The number of likely N-dealkylation sites (tertiary alicyclic amines) is 1. The van der Waals surface area contributed by atoms with Gasteiger partial charge < -0.3 is 19.7 Å². The van der Waals surface area contributed by atoms with Crippen molar-refractivity contribution in [1.29, 1.82) is 0 Å². The first-order valence-corrected chi connectivity index (χ1v) is 11.4. The molecular formula is C25H27F3N4O4. The molecule has 8 nitrogen and oxygen atoms in total. The minimum Gasteiger partial charge on any atom is -0.368 e. The molecule has 0 unspecified atom stereocenters. The van der Waals surface area contributed by atoms with Gasteiger partial charge in [-0.2, -0.15) is 13.2 Å². The fourth-order valence-electron chi connectivity index (χ4n) is 4.69. The van der Waals surface area contributed by atoms with Gasteiger partial charge in [-0.3, -0.25) is 14.9 Å². The van der Waals surface area contributed by atoms with E-state index < -0.39 is 29.4 Å². The first-order chi connectivity index (χ1) is 16.8. The number of carbonyl (C=O) groups excluding carboxylic acids is 2. The topological polar surface area (TPSA) is 108 Å². The molecule has 36 heavy (non-hydrogen) atoms. The quantitative estimate of drug-likeness (QED) is 0.445. The molecule has 4 rings (SSSR count). The SMILES string of the molecule is CN1C[C@H](c2ccc3c(c2)nc(NC(=O)c2cccc(C(F)(F)F)c2)n3CCC(O)O)C(C)(C)C1=O. The second kappa shape index (κ2) is 9.21. The number of likely N-dealkylation sites (N-methyl/N-ethyl adjacent to an activating group) is 1. The summed E-state index contributed by atoms with van der Waals surface area (Å²) in [7, 11) is 1.75. The molecule has 2 heterocycles. The molecular weight excluding hydrogens is 477 g/mol. The highest BCUT2D eigenvalue weighted by Crippen LogP contribution is 2.43. The molecule has 11 heteroatoms. The molecule has 0 radical (unpaired) electrons. The van der Waals surface area contributed by atoms with E-state index in [0.717, 1.165) is 23.8 Å². The highest BCUT2D eigenvalue weighted by atomic mass is 19.4. The maximum Gasteiger partial charge on any atom is 0.416 e. The average Bonchev–Trinajstić information content (AvgIpc) is 3.25. The van der Waals surface area contributed by atoms with Crippen molar-refractivity contribution in [3.05, 3.63) is 59.2 Å². The zero-order valence-corrected chi connectivity index (χ0v) is 20.0. The van der Waals surface area contributed by atoms with Crippen LogP contribution in [0.15, 0.2) is 42.5 Å². The molecule has 1 aliphatic rings. The van der Waals surface area contributed by atoms with Gasteiger partial charge in [0, 0.05) is 38.0 Å². The third-order valence-electron chi connectivity index (χ3n) is 6.69. The van der Waals surface area contributed by atoms with Crippen LogP contribution in [0.5, 0.6) is 0 Å². The monoisotopic (exact) mass is 504 g/mol. The second-order valence-electron chi connectivity index (χ2n) is 9.60. The predicted octanol–water partition coefficient (Wildman–Crippen LogP) is 3.59. The number of hydrogen-bond acceptors (Lipinski definition) is 5. The Kier molecular flexibility index (Phi) is 6.56. The van der Waals surface area contributed by atoms with Crippen molar-refractivity contribution in [1.82, 2.24) is 14.5 Å². The summed E-state index contributed by atoms with van der Waals surface area (Å²) in [5, 5.41) is 21.3. The van der Waals surface area contributed by atoms with Crippen LogP contribution in [-0.4, -0.2) is 56.4 Å². The van der Waals surface area contributed by atoms with Crippen LogP contribution in [0.3, 0.4) is 0 Å². The summed E-state index contributed by atoms with van der Waals surface area (Å²) in [5.74, 6) is -0.785. The van der Waals surface area contributed by atoms with Gasteiger partial charge in [0.25, 0.3) is 5.91 Å². The molecule has 192 valence electrons. The van der Waals surface area contributed by atoms with Crippen molar-refractivity contribution < 1.29 is 33.0 Å². The largest absolute Gasteiger partial charge is 0.416 e. The Bertz CT molecular complexity index is 1320. The van der Waals surface area contributed by atoms with E-state index in [9.17, 15) is 33.0 Å². The van der Waals surface area contributed by atoms with E-state index >= 15 is 0 Å². The van der Waals surface area contributed by atoms with Gasteiger partial charge >= 0.3 is 6.18 Å². The van der Waals surface area contributed by atoms with Crippen LogP contribution in [0.4, 0.5) is 19.1 Å². The lowest BCUT2D eigenvalue weighted by molar-refractivity contribution is -0.137. The van der Waals surface area contributed by atoms with E-state index in [4.69, 9.17) is 0 Å². The Labute approximate surface area is 205 Å². The third-order valence-corrected chi connectivity index (χ3v) is 6.69. The Morgan fingerprint density at radius 1 is 1.22 bits per heavy atom. The van der Waals surface area contributed by atoms with Crippen LogP contribution in [0, 0.1) is 5.41 Å². The number of anilines is 1. The molecule has 0 aliphatic carbocycles. The number of imidazole rings is 1. The van der Waals surface area contributed by atoms with E-state index in [-0.39, 0.29) is 36.3 Å². The summed E-state index contributed by atoms with van der Waals surface area (Å²) in [4.78, 5) is 31.6. The average molecular weight is 505 g/mol. The molecule has 3 aromatic rings. The molecule has 1 fully saturated rings. The lowest BCUT2D eigenvalue weighted by Gasteiger charge is -2.23. The van der Waals surface area contributed by atoms with Crippen molar-refractivity contribution in [3.63, 3.8) is 0 Å². The number of hydrogen-bond donors (Lipinski definition) is 3. The highest BCUT2D eigenvalue weighted by Gasteiger charge is 2.46. The van der Waals surface area contributed by atoms with E-state index in [2.05, 4.69) is 10.3 Å². The summed E-state index contributed by atoms with van der Waals surface area (Å²) < 4.78 is 40.8. The zero-order chi connectivity index (χ0) is 26.4. The van der Waals surface area contributed by atoms with Gasteiger partial charge in [-0.25, -0.2) is 4.98 Å². The predicted molar refractivity (Wildman–Crippen MR) is 126 cm³/mol. The van der Waals surface area contributed by atoms with Crippen LogP contribution >= 0.6 is 0 Å². The number of carbonyl (C=O) groups is 2. The van der Waals surface area contributed by atoms with Crippen molar-refractivity contribution in [2.75, 3.05) is 18.9 Å². The number of amides is 2. The van der Waals surface area contributed by atoms with Crippen LogP contribution in [-0.2, 0) is 17.5 Å². The number of fused-ring (bicyclic) bond motifs is 1. The molecule has 0 spiro atoms. The van der Waals surface area contributed by atoms with Gasteiger partial charge in [0.1, 0.15) is 0 Å². The van der Waals surface area contributed by atoms with Gasteiger partial charge in [0.05, 0.1) is 22.0 Å². The Morgan fingerprint density at radius 2 is 1.94 bits per heavy atom. The number of aryl methyl sites for hydroxylation is 1. The molecule has 3 N–H and O–H groups in total. The smallest absolute Gasteiger partial charge is 0.368 e. The molecule has 1 aromatic heterocycles. The first-order valence-electron chi connectivity index (χ1n) is 11.4. The number of halogens is 3. The van der Waals surface area contributed by atoms with Gasteiger partial charge in [0.2, 0.25) is 11.9 Å². The van der Waals surface area contributed by atoms with Gasteiger partial charge in [-0.05, 0) is 35.9 Å². The number of rotatable bonds is 6. The summed E-state index contributed by atoms with van der Waals surface area (Å²) in [6.07, 6.45) is -6.26. The fraction of sp³-hybridized carbons (Fsp3) is 0.400. The van der Waals surface area contributed by atoms with Crippen LogP contribution in [0.1, 0.15) is 47.7 Å². The molecule has 1 atom stereocenters. The minimum absolute atomic E-state index is 0.0316. The molecule has 1 saturated heterocycles. The number of nitrogens with zero attached hydrogens (tertiary/aromatic N) is 3. The van der Waals surface area contributed by atoms with E-state index in [0.29, 0.717) is 17.6 Å². The standard InChI is InChI=1S/C25H27F3N4O4/c1-24(2)17(13-31(3)22(24)36)14-7-8-19-18(12-14)29-23(32(19)10-9-20(33)34)30-21(35)15-5-4-6-16(11-15)25(26,27)28/h4-8,11-12,17,20,33-34H,9-10,13H2,1-3H3,(H,29,30,35)/t17-/m1/s1. The summed E-state index contributed by atoms with van der Waals surface area (Å²) in [6, 6.07) is 9.52. The number of aromatic nitrogens is 2. The molecule has 0 saturated carbocycles. The maximum atomic E-state index is 13.1. The van der Waals surface area contributed by atoms with Crippen LogP contribution < -0.4 is 5.32 Å². The Morgan fingerprint density at radius 3 is 2.56 bits per heavy atom. The van der Waals surface area contributed by atoms with Gasteiger partial charge in [0.15, 0.2) is 6.29 Å². The zero-order valence-electron chi connectivity index (χ0n) is 20.0. The number of nitrogens with one attached hydrogen (secondary N) is 1. The van der Waals surface area contributed by atoms with Crippen molar-refractivity contribution in [2.24, 2.45) is 5.41 Å². The van der Waals surface area contributed by atoms with Gasteiger partial charge in [-0.1, -0.05) is 26.0 Å². The summed E-state index contributed by atoms with van der Waals surface area (Å²) >= 11 is 0. The van der Waals surface area contributed by atoms with E-state index in [1.54, 1.807) is 22.6 Å². The number of aliphatic hydroxyl groups is 2. The van der Waals surface area contributed by atoms with E-state index in [1.807, 2.05) is 26.0 Å². The van der Waals surface area contributed by atoms with Crippen LogP contribution in [0.25, 0.3) is 11.0 Å². The number of aliphatic hydroxyl groups excluding tert-OH is 1. The van der Waals surface area contributed by atoms with Crippen molar-refractivity contribution >= 4 is 28.8 Å². The van der Waals surface area contributed by atoms with Crippen molar-refractivity contribution in [2.45, 2.75) is 45.2 Å². The van der Waals surface area contributed by atoms with Crippen molar-refractivity contribution in [3.8, 4) is 0 Å². The Balaban J connectivity index is 1.71. The van der Waals surface area contributed by atoms with Crippen LogP contribution in [0.2, 0.25) is 0 Å². The van der Waals surface area contributed by atoms with E-state index in [1.165, 1.54) is 6.07 Å². The lowest BCUT2D eigenvalue weighted by atomic mass is 9.77. The first kappa shape index (κ1) is 25.6. The molecule has 2 aromatic carbocycles. The molecule has 1 aliphatic heterocycles. The Hall–Kier alpha value is -3.44. The third kappa shape index (κ3) is 4.80. The second-order valence-corrected chi connectivity index (χ2v) is 9.60. The number of alkyl halides is 3. The highest BCUT2D eigenvalue weighted by molar-refractivity contribution is 6.04. The normalized spacial score (nSPS) is 17.9. The fourth-order valence-corrected chi connectivity index (χ4v) is 4.69. The maximum absolute atomic E-state index is 13.1. The minimum atomic E-state index is -4.60. The summed E-state index contributed by atoms with van der Waals surface area (Å²) in [5.41, 5.74) is 0.210. The lowest BCUT2D eigenvalue weighted by Crippen LogP contribution is -2.28. The number of benzene rings is 2.